The largest absolute Gasteiger partial charge is 0.390 e. The second-order valence-electron chi connectivity index (χ2n) is 36.9. The standard InChI is InChI=1S/C82H138N10O4/c1-4-54-11-5-8-14-71(54)91-96-49-57-47-55-27-45-68-66-12-6-9-15-72(66)85-76(68)74(55)78(80(57)93)89-87-61-35-31-58(32-36-61)83-59-33-37-62(38-34-59)88-90-79-75-56(28-46-69-67-13-7-10-16-73(67)86-77(69)75)48-70(81(79)94)82(95)84-60-29-23-52(24-30-60)21-22-53-25-43-65(44-26-53)92(63-39-17-50(2)18-40-63)64-41-19-51(3)20-42-64/h21-22,50-81,83,85-86,91,93-94H,4-20,23-49H2,1-3H3,(H,84,95)/b22-21+,89-87?,90-88?. The quantitative estimate of drug-likeness (QED) is 0.0399. The number of hydroxylamine groups is 1. The molecular formula is C82H138N10O4. The first-order chi connectivity index (χ1) is 47.0. The van der Waals surface area contributed by atoms with Crippen LogP contribution in [0.3, 0.4) is 0 Å². The van der Waals surface area contributed by atoms with Gasteiger partial charge in [-0.05, 0) is 296 Å². The van der Waals surface area contributed by atoms with E-state index in [1.807, 2.05) is 0 Å². The van der Waals surface area contributed by atoms with Gasteiger partial charge in [0.05, 0.1) is 36.8 Å². The van der Waals surface area contributed by atoms with E-state index in [4.69, 9.17) is 25.3 Å². The summed E-state index contributed by atoms with van der Waals surface area (Å²) in [6.07, 6.45) is 57.4. The fraction of sp³-hybridized carbons (Fsp3) is 0.963. The second kappa shape index (κ2) is 32.4. The summed E-state index contributed by atoms with van der Waals surface area (Å²) in [6, 6.07) is 5.95. The lowest BCUT2D eigenvalue weighted by molar-refractivity contribution is -0.136. The molecule has 2 heterocycles. The SMILES string of the molecule is CCC1CCCCC1NOCC1CC2CCC3C4CCCCC4NC3C2C(N=NC2CCC(NC3CCC(N=NC4C(O)C(C(=O)NC5CCC(/C=C/C6CCC(N(C7CCC(C)CC7)C7CCC(C)CC7)CC6)CC5)CC5CCC6C7CCCCC7NC6C54)CC3)CC2)C1O. The molecule has 14 nitrogen and oxygen atoms in total. The first-order valence-corrected chi connectivity index (χ1v) is 42.6. The molecule has 540 valence electrons. The van der Waals surface area contributed by atoms with Gasteiger partial charge in [0.25, 0.3) is 0 Å². The normalized spacial score (nSPS) is 49.4. The van der Waals surface area contributed by atoms with Gasteiger partial charge >= 0.3 is 0 Å². The lowest BCUT2D eigenvalue weighted by atomic mass is 9.58. The highest BCUT2D eigenvalue weighted by Gasteiger charge is 2.59. The van der Waals surface area contributed by atoms with Crippen LogP contribution in [-0.4, -0.2) is 130 Å². The lowest BCUT2D eigenvalue weighted by Crippen LogP contribution is -2.59. The molecule has 20 unspecified atom stereocenters. The van der Waals surface area contributed by atoms with E-state index in [-0.39, 0.29) is 48.0 Å². The summed E-state index contributed by atoms with van der Waals surface area (Å²) in [5.74, 6) is 7.98. The van der Waals surface area contributed by atoms with E-state index in [0.717, 1.165) is 144 Å². The molecule has 0 radical (unpaired) electrons. The number of aliphatic hydroxyl groups is 2. The van der Waals surface area contributed by atoms with Gasteiger partial charge in [0.1, 0.15) is 12.1 Å². The Balaban J connectivity index is 0.528. The minimum absolute atomic E-state index is 0.0771. The predicted molar refractivity (Wildman–Crippen MR) is 384 cm³/mol. The Morgan fingerprint density at radius 2 is 0.948 bits per heavy atom. The molecule has 96 heavy (non-hydrogen) atoms. The summed E-state index contributed by atoms with van der Waals surface area (Å²) in [6.45, 7) is 7.84. The summed E-state index contributed by atoms with van der Waals surface area (Å²) >= 11 is 0. The number of rotatable bonds is 18. The Morgan fingerprint density at radius 3 is 1.49 bits per heavy atom. The monoisotopic (exact) mass is 1330 g/mol. The number of carbonyl (C=O) groups excluding carboxylic acids is 1. The van der Waals surface area contributed by atoms with E-state index in [1.165, 1.54) is 180 Å². The maximum absolute atomic E-state index is 14.7. The third-order valence-corrected chi connectivity index (χ3v) is 31.3. The average Bonchev–Trinajstić information content (AvgIpc) is 1.69. The molecule has 14 heteroatoms. The van der Waals surface area contributed by atoms with Crippen LogP contribution in [0.25, 0.3) is 0 Å². The molecule has 15 rings (SSSR count). The molecule has 15 aliphatic rings. The summed E-state index contributed by atoms with van der Waals surface area (Å²) in [5, 5.41) is 62.4. The number of amides is 1. The van der Waals surface area contributed by atoms with Gasteiger partial charge < -0.3 is 36.3 Å². The van der Waals surface area contributed by atoms with Crippen LogP contribution in [0.2, 0.25) is 0 Å². The highest BCUT2D eigenvalue weighted by atomic mass is 16.6. The van der Waals surface area contributed by atoms with Crippen LogP contribution >= 0.6 is 0 Å². The molecule has 13 aliphatic carbocycles. The van der Waals surface area contributed by atoms with Crippen molar-refractivity contribution in [3.63, 3.8) is 0 Å². The maximum atomic E-state index is 14.7. The van der Waals surface area contributed by atoms with Crippen molar-refractivity contribution in [2.45, 2.75) is 400 Å². The fourth-order valence-electron chi connectivity index (χ4n) is 25.8. The van der Waals surface area contributed by atoms with Crippen molar-refractivity contribution in [3.8, 4) is 0 Å². The fourth-order valence-corrected chi connectivity index (χ4v) is 25.8. The van der Waals surface area contributed by atoms with Crippen molar-refractivity contribution in [2.75, 3.05) is 6.61 Å². The van der Waals surface area contributed by atoms with Crippen LogP contribution in [0, 0.1) is 88.8 Å². The van der Waals surface area contributed by atoms with Gasteiger partial charge in [0, 0.05) is 84.2 Å². The number of azo groups is 2. The highest BCUT2D eigenvalue weighted by molar-refractivity contribution is 5.80. The van der Waals surface area contributed by atoms with Crippen molar-refractivity contribution in [1.82, 2.24) is 31.6 Å². The van der Waals surface area contributed by atoms with Crippen LogP contribution in [0.4, 0.5) is 0 Å². The molecule has 0 bridgehead atoms. The summed E-state index contributed by atoms with van der Waals surface area (Å²) < 4.78 is 0. The first kappa shape index (κ1) is 69.8. The minimum Gasteiger partial charge on any atom is -0.390 e. The molecule has 0 aromatic rings. The third kappa shape index (κ3) is 15.8. The summed E-state index contributed by atoms with van der Waals surface area (Å²) in [4.78, 5) is 24.2. The Kier molecular flexibility index (Phi) is 23.6. The molecule has 7 N–H and O–H groups in total. The Morgan fingerprint density at radius 1 is 0.479 bits per heavy atom. The number of hydrogen-bond acceptors (Lipinski definition) is 13. The zero-order valence-corrected chi connectivity index (χ0v) is 60.7. The molecule has 20 atom stereocenters. The molecule has 15 fully saturated rings. The van der Waals surface area contributed by atoms with Gasteiger partial charge in [-0.15, -0.1) is 0 Å². The van der Waals surface area contributed by atoms with Gasteiger partial charge in [-0.2, -0.15) is 25.9 Å². The van der Waals surface area contributed by atoms with E-state index in [0.29, 0.717) is 90.3 Å². The second-order valence-corrected chi connectivity index (χ2v) is 36.9. The number of nitrogens with one attached hydrogen (secondary N) is 5. The number of hydrogen-bond donors (Lipinski definition) is 7. The van der Waals surface area contributed by atoms with Crippen molar-refractivity contribution >= 4 is 5.91 Å². The summed E-state index contributed by atoms with van der Waals surface area (Å²) in [7, 11) is 0. The van der Waals surface area contributed by atoms with Crippen LogP contribution in [-0.2, 0) is 9.63 Å². The predicted octanol–water partition coefficient (Wildman–Crippen LogP) is 15.7. The van der Waals surface area contributed by atoms with Crippen molar-refractivity contribution in [3.05, 3.63) is 12.2 Å². The Labute approximate surface area is 582 Å². The lowest BCUT2D eigenvalue weighted by Gasteiger charge is -2.50. The minimum atomic E-state index is -0.804. The molecule has 0 aromatic heterocycles. The van der Waals surface area contributed by atoms with E-state index < -0.39 is 18.1 Å². The van der Waals surface area contributed by atoms with Crippen LogP contribution in [0.15, 0.2) is 32.6 Å². The third-order valence-electron chi connectivity index (χ3n) is 31.3. The zero-order chi connectivity index (χ0) is 65.2. The first-order valence-electron chi connectivity index (χ1n) is 42.6. The number of nitrogens with zero attached hydrogens (tertiary/aromatic N) is 5. The number of allylic oxidation sites excluding steroid dienone is 2. The number of aliphatic hydroxyl groups excluding tert-OH is 2. The molecule has 1 amide bonds. The van der Waals surface area contributed by atoms with E-state index >= 15 is 0 Å². The molecule has 0 spiro atoms. The van der Waals surface area contributed by atoms with E-state index in [2.05, 4.69) is 64.6 Å². The van der Waals surface area contributed by atoms with Crippen LogP contribution < -0.4 is 26.7 Å². The zero-order valence-electron chi connectivity index (χ0n) is 60.7. The van der Waals surface area contributed by atoms with Gasteiger partial charge in [-0.3, -0.25) is 9.69 Å². The Hall–Kier alpha value is -1.91. The van der Waals surface area contributed by atoms with Gasteiger partial charge in [0.15, 0.2) is 0 Å². The van der Waals surface area contributed by atoms with E-state index in [9.17, 15) is 15.0 Å². The van der Waals surface area contributed by atoms with Crippen molar-refractivity contribution < 1.29 is 19.8 Å². The summed E-state index contributed by atoms with van der Waals surface area (Å²) in [5.41, 5.74) is 3.53. The van der Waals surface area contributed by atoms with Gasteiger partial charge in [0.2, 0.25) is 5.91 Å². The number of fused-ring (bicyclic) bond motifs is 10. The maximum Gasteiger partial charge on any atom is 0.226 e. The van der Waals surface area contributed by atoms with Crippen molar-refractivity contribution in [2.24, 2.45) is 109 Å². The van der Waals surface area contributed by atoms with Crippen LogP contribution in [0.5, 0.6) is 0 Å². The average molecular weight is 1330 g/mol. The molecule has 13 saturated carbocycles. The van der Waals surface area contributed by atoms with Crippen LogP contribution in [0.1, 0.15) is 297 Å². The molecule has 2 saturated heterocycles. The molecule has 2 aliphatic heterocycles. The topological polar surface area (TPSA) is 180 Å². The Bertz CT molecular complexity index is 2500. The van der Waals surface area contributed by atoms with Crippen molar-refractivity contribution in [1.29, 1.82) is 0 Å². The van der Waals surface area contributed by atoms with Gasteiger partial charge in [-0.1, -0.05) is 77.9 Å². The highest BCUT2D eigenvalue weighted by Crippen LogP contribution is 2.56. The molecule has 0 aromatic carbocycles. The van der Waals surface area contributed by atoms with Gasteiger partial charge in [-0.25, -0.2) is 0 Å². The molecular weight excluding hydrogens is 1190 g/mol. The number of carbonyl (C=O) groups is 1. The smallest absolute Gasteiger partial charge is 0.226 e. The van der Waals surface area contributed by atoms with E-state index in [1.54, 1.807) is 0 Å².